The first-order chi connectivity index (χ1) is 18.3. The third kappa shape index (κ3) is 8.01. The van der Waals surface area contributed by atoms with E-state index < -0.39 is 74.2 Å². The summed E-state index contributed by atoms with van der Waals surface area (Å²) in [6.45, 7) is 2.11. The number of anilines is 1. The first-order valence-corrected chi connectivity index (χ1v) is 16.9. The van der Waals surface area contributed by atoms with Crippen molar-refractivity contribution in [3.8, 4) is 0 Å². The molecule has 0 aliphatic carbocycles. The van der Waals surface area contributed by atoms with E-state index in [1.54, 1.807) is 31.2 Å². The first kappa shape index (κ1) is 31.5. The molecule has 0 aromatic heterocycles. The molecule has 0 aliphatic heterocycles. The van der Waals surface area contributed by atoms with Crippen molar-refractivity contribution in [1.82, 2.24) is 0 Å². The second-order valence-electron chi connectivity index (χ2n) is 8.37. The van der Waals surface area contributed by atoms with Crippen LogP contribution in [0.3, 0.4) is 0 Å². The minimum absolute atomic E-state index is 0.0459. The molecule has 218 valence electrons. The molecule has 0 amide bonds. The van der Waals surface area contributed by atoms with Gasteiger partial charge in [0.05, 0.1) is 22.9 Å². The van der Waals surface area contributed by atoms with Gasteiger partial charge in [-0.25, -0.2) is 12.6 Å². The van der Waals surface area contributed by atoms with Gasteiger partial charge < -0.3 is 5.32 Å². The van der Waals surface area contributed by atoms with Crippen molar-refractivity contribution in [1.29, 1.82) is 0 Å². The first-order valence-electron chi connectivity index (χ1n) is 10.9. The Kier molecular flexibility index (Phi) is 9.01. The van der Waals surface area contributed by atoms with Crippen molar-refractivity contribution in [2.24, 2.45) is 10.2 Å². The van der Waals surface area contributed by atoms with Crippen LogP contribution in [0.5, 0.6) is 0 Å². The summed E-state index contributed by atoms with van der Waals surface area (Å²) in [6.07, 6.45) is 0. The van der Waals surface area contributed by atoms with E-state index in [1.165, 1.54) is 13.0 Å². The Balaban J connectivity index is 2.16. The minimum Gasteiger partial charge on any atom is -0.368 e. The van der Waals surface area contributed by atoms with E-state index in [0.717, 1.165) is 11.6 Å². The molecule has 0 spiro atoms. The van der Waals surface area contributed by atoms with Crippen LogP contribution in [0.4, 0.5) is 17.1 Å². The van der Waals surface area contributed by atoms with Crippen LogP contribution in [0.25, 0.3) is 10.8 Å². The van der Waals surface area contributed by atoms with E-state index in [0.29, 0.717) is 16.8 Å². The monoisotopic (exact) mass is 637 g/mol. The highest BCUT2D eigenvalue weighted by atomic mass is 32.3. The molecule has 0 bridgehead atoms. The standard InChI is InChI=1S/C21H23N3O12S4/c1-13-4-3-5-17-16(13)6-7-18(22-12-38(27,28)29)21(17)24-23-20-14(2)10-15(11-19(20)39(30,31)32)37(25,26)9-8-36-40(33,34)35/h3-7,10-11,22H,8-9,12H2,1-2H3,(H,27,28,29)(H,30,31,32)(H,33,34,35). The van der Waals surface area contributed by atoms with Gasteiger partial charge in [0.1, 0.15) is 22.1 Å². The predicted octanol–water partition coefficient (Wildman–Crippen LogP) is 2.97. The number of nitrogens with one attached hydrogen (secondary N) is 1. The number of rotatable bonds is 11. The van der Waals surface area contributed by atoms with E-state index in [4.69, 9.17) is 9.11 Å². The van der Waals surface area contributed by atoms with Crippen LogP contribution >= 0.6 is 0 Å². The molecule has 0 atom stereocenters. The molecule has 3 aromatic rings. The van der Waals surface area contributed by atoms with E-state index in [2.05, 4.69) is 19.7 Å². The minimum atomic E-state index is -5.09. The fourth-order valence-electron chi connectivity index (χ4n) is 3.60. The van der Waals surface area contributed by atoms with Crippen molar-refractivity contribution in [3.05, 3.63) is 53.6 Å². The van der Waals surface area contributed by atoms with Crippen LogP contribution in [0, 0.1) is 13.8 Å². The maximum atomic E-state index is 12.7. The molecule has 4 N–H and O–H groups in total. The molecule has 0 saturated heterocycles. The number of azo groups is 1. The molecule has 0 saturated carbocycles. The van der Waals surface area contributed by atoms with Crippen molar-refractivity contribution in [3.63, 3.8) is 0 Å². The van der Waals surface area contributed by atoms with Crippen molar-refractivity contribution in [2.75, 3.05) is 23.6 Å². The van der Waals surface area contributed by atoms with Gasteiger partial charge in [0.2, 0.25) is 0 Å². The summed E-state index contributed by atoms with van der Waals surface area (Å²) < 4.78 is 125. The van der Waals surface area contributed by atoms with Crippen LogP contribution in [0.1, 0.15) is 11.1 Å². The Hall–Kier alpha value is -3.04. The van der Waals surface area contributed by atoms with Gasteiger partial charge in [0.15, 0.2) is 9.84 Å². The third-order valence-electron chi connectivity index (χ3n) is 5.41. The second-order valence-corrected chi connectivity index (χ2v) is 14.4. The zero-order valence-corrected chi connectivity index (χ0v) is 24.0. The summed E-state index contributed by atoms with van der Waals surface area (Å²) in [4.78, 5) is -1.55. The lowest BCUT2D eigenvalue weighted by Crippen LogP contribution is -2.16. The normalized spacial score (nSPS) is 13.2. The summed E-state index contributed by atoms with van der Waals surface area (Å²) in [6, 6.07) is 9.86. The maximum absolute atomic E-state index is 12.7. The molecule has 0 unspecified atom stereocenters. The largest absolute Gasteiger partial charge is 0.397 e. The molecular formula is C21H23N3O12S4. The molecule has 40 heavy (non-hydrogen) atoms. The Bertz CT molecular complexity index is 1940. The molecule has 3 aromatic carbocycles. The lowest BCUT2D eigenvalue weighted by atomic mass is 10.0. The molecule has 0 aliphatic rings. The summed E-state index contributed by atoms with van der Waals surface area (Å²) >= 11 is 0. The van der Waals surface area contributed by atoms with Gasteiger partial charge in [-0.2, -0.15) is 25.3 Å². The number of nitrogens with zero attached hydrogens (tertiary/aromatic N) is 2. The maximum Gasteiger partial charge on any atom is 0.397 e. The number of hydrogen-bond acceptors (Lipinski definition) is 12. The fourth-order valence-corrected chi connectivity index (χ4v) is 6.33. The number of sulfone groups is 1. The van der Waals surface area contributed by atoms with Gasteiger partial charge in [0.25, 0.3) is 20.2 Å². The Morgan fingerprint density at radius 1 is 0.800 bits per heavy atom. The zero-order chi connectivity index (χ0) is 30.1. The molecule has 15 nitrogen and oxygen atoms in total. The molecule has 19 heteroatoms. The second kappa shape index (κ2) is 11.4. The summed E-state index contributed by atoms with van der Waals surface area (Å²) in [7, 11) is -18.8. The lowest BCUT2D eigenvalue weighted by Gasteiger charge is -2.13. The van der Waals surface area contributed by atoms with Gasteiger partial charge in [0, 0.05) is 5.39 Å². The quantitative estimate of drug-likeness (QED) is 0.175. The molecule has 3 rings (SSSR count). The number of aryl methyl sites for hydroxylation is 2. The van der Waals surface area contributed by atoms with E-state index in [9.17, 15) is 38.2 Å². The van der Waals surface area contributed by atoms with Gasteiger partial charge in [-0.15, -0.1) is 10.2 Å². The Morgan fingerprint density at radius 2 is 1.45 bits per heavy atom. The van der Waals surface area contributed by atoms with Crippen molar-refractivity contribution < 1.29 is 51.5 Å². The predicted molar refractivity (Wildman–Crippen MR) is 143 cm³/mol. The summed E-state index contributed by atoms with van der Waals surface area (Å²) in [5.41, 5.74) is 0.448. The van der Waals surface area contributed by atoms with Gasteiger partial charge >= 0.3 is 10.4 Å². The van der Waals surface area contributed by atoms with Crippen LogP contribution in [0.15, 0.2) is 62.5 Å². The van der Waals surface area contributed by atoms with Gasteiger partial charge in [-0.3, -0.25) is 13.7 Å². The highest BCUT2D eigenvalue weighted by Crippen LogP contribution is 2.39. The average molecular weight is 638 g/mol. The number of hydrogen-bond donors (Lipinski definition) is 4. The van der Waals surface area contributed by atoms with Crippen molar-refractivity contribution >= 4 is 68.3 Å². The number of fused-ring (bicyclic) bond motifs is 1. The summed E-state index contributed by atoms with van der Waals surface area (Å²) in [5.74, 6) is -1.84. The average Bonchev–Trinajstić information content (AvgIpc) is 2.79. The van der Waals surface area contributed by atoms with Crippen molar-refractivity contribution in [2.45, 2.75) is 23.6 Å². The SMILES string of the molecule is Cc1cc(S(=O)(=O)CCOS(=O)(=O)O)cc(S(=O)(=O)O)c1N=Nc1c(NCS(=O)(=O)O)ccc2c(C)cccc12. The Labute approximate surface area is 230 Å². The third-order valence-corrected chi connectivity index (χ3v) is 8.91. The van der Waals surface area contributed by atoms with E-state index in [1.807, 2.05) is 0 Å². The topological polar surface area (TPSA) is 243 Å². The summed E-state index contributed by atoms with van der Waals surface area (Å²) in [5, 5.41) is 11.7. The highest BCUT2D eigenvalue weighted by molar-refractivity contribution is 7.91. The molecular weight excluding hydrogens is 615 g/mol. The van der Waals surface area contributed by atoms with Crippen LogP contribution < -0.4 is 5.32 Å². The van der Waals surface area contributed by atoms with Crippen LogP contribution in [-0.2, 0) is 44.7 Å². The zero-order valence-electron chi connectivity index (χ0n) is 20.7. The van der Waals surface area contributed by atoms with Gasteiger partial charge in [-0.1, -0.05) is 24.3 Å². The van der Waals surface area contributed by atoms with E-state index in [-0.39, 0.29) is 16.9 Å². The lowest BCUT2D eigenvalue weighted by molar-refractivity contribution is 0.284. The van der Waals surface area contributed by atoms with Crippen LogP contribution in [-0.4, -0.2) is 65.6 Å². The van der Waals surface area contributed by atoms with Gasteiger partial charge in [-0.05, 0) is 48.6 Å². The fraction of sp³-hybridized carbons (Fsp3) is 0.238. The molecule has 0 radical (unpaired) electrons. The molecule has 0 heterocycles. The number of benzene rings is 3. The van der Waals surface area contributed by atoms with Crippen LogP contribution in [0.2, 0.25) is 0 Å². The van der Waals surface area contributed by atoms with E-state index >= 15 is 0 Å². The highest BCUT2D eigenvalue weighted by Gasteiger charge is 2.25. The smallest absolute Gasteiger partial charge is 0.368 e. The molecule has 0 fully saturated rings. The Morgan fingerprint density at radius 3 is 2.05 bits per heavy atom.